The molecule has 0 N–H and O–H groups in total. The van der Waals surface area contributed by atoms with Gasteiger partial charge in [0.25, 0.3) is 0 Å². The van der Waals surface area contributed by atoms with E-state index >= 15 is 0 Å². The van der Waals surface area contributed by atoms with Crippen LogP contribution in [0.4, 0.5) is 0 Å². The zero-order valence-corrected chi connectivity index (χ0v) is 9.19. The Morgan fingerprint density at radius 1 is 1.31 bits per heavy atom. The zero-order valence-electron chi connectivity index (χ0n) is 8.37. The number of thiocarbonyl (C=S) groups is 1. The first-order chi connectivity index (χ1) is 5.97. The lowest BCUT2D eigenvalue weighted by atomic mass is 9.86. The highest BCUT2D eigenvalue weighted by Crippen LogP contribution is 2.37. The first-order valence-electron chi connectivity index (χ1n) is 4.51. The van der Waals surface area contributed by atoms with E-state index in [9.17, 15) is 0 Å². The summed E-state index contributed by atoms with van der Waals surface area (Å²) < 4.78 is 0. The number of aliphatic imine (C=N–C) groups is 1. The Morgan fingerprint density at radius 3 is 2.23 bits per heavy atom. The van der Waals surface area contributed by atoms with Crippen LogP contribution in [0.3, 0.4) is 0 Å². The Balaban J connectivity index is 2.69. The zero-order chi connectivity index (χ0) is 9.95. The van der Waals surface area contributed by atoms with Crippen molar-refractivity contribution in [2.75, 3.05) is 0 Å². The van der Waals surface area contributed by atoms with Crippen molar-refractivity contribution < 1.29 is 0 Å². The lowest BCUT2D eigenvalue weighted by Crippen LogP contribution is -2.32. The second-order valence-electron chi connectivity index (χ2n) is 4.41. The molecular formula is C9H15N3S. The third kappa shape index (κ3) is 2.98. The van der Waals surface area contributed by atoms with Crippen molar-refractivity contribution in [3.63, 3.8) is 0 Å². The molecule has 4 heteroatoms. The van der Waals surface area contributed by atoms with Gasteiger partial charge >= 0.3 is 0 Å². The first-order valence-corrected chi connectivity index (χ1v) is 4.91. The molecule has 1 aliphatic carbocycles. The molecule has 0 aliphatic heterocycles. The van der Waals surface area contributed by atoms with E-state index in [-0.39, 0.29) is 11.2 Å². The average Bonchev–Trinajstić information content (AvgIpc) is 1.92. The van der Waals surface area contributed by atoms with Crippen LogP contribution in [-0.2, 0) is 0 Å². The minimum atomic E-state index is -0.352. The summed E-state index contributed by atoms with van der Waals surface area (Å²) in [6, 6.07) is 0. The molecule has 3 nitrogen and oxygen atoms in total. The fraction of sp³-hybridized carbons (Fsp3) is 0.889. The second kappa shape index (κ2) is 3.64. The fourth-order valence-corrected chi connectivity index (χ4v) is 1.23. The van der Waals surface area contributed by atoms with Crippen LogP contribution in [-0.4, -0.2) is 16.4 Å². The molecule has 0 aromatic heterocycles. The van der Waals surface area contributed by atoms with Gasteiger partial charge in [-0.05, 0) is 52.3 Å². The van der Waals surface area contributed by atoms with Crippen molar-refractivity contribution >= 4 is 17.4 Å². The van der Waals surface area contributed by atoms with E-state index in [0.717, 1.165) is 19.3 Å². The summed E-state index contributed by atoms with van der Waals surface area (Å²) in [5, 5.41) is 10.9. The summed E-state index contributed by atoms with van der Waals surface area (Å²) in [4.78, 5) is 4.07. The van der Waals surface area contributed by atoms with Crippen molar-refractivity contribution in [3.05, 3.63) is 0 Å². The Kier molecular flexibility index (Phi) is 2.94. The van der Waals surface area contributed by atoms with E-state index in [4.69, 9.17) is 0 Å². The maximum Gasteiger partial charge on any atom is 0.180 e. The molecule has 0 aromatic rings. The smallest absolute Gasteiger partial charge is 0.180 e. The topological polar surface area (TPSA) is 37.1 Å². The highest BCUT2D eigenvalue weighted by molar-refractivity contribution is 7.78. The van der Waals surface area contributed by atoms with Gasteiger partial charge in [0.2, 0.25) is 0 Å². The van der Waals surface area contributed by atoms with Crippen molar-refractivity contribution in [2.24, 2.45) is 15.2 Å². The van der Waals surface area contributed by atoms with Gasteiger partial charge in [-0.15, -0.1) is 0 Å². The normalized spacial score (nSPS) is 20.8. The molecule has 0 aromatic carbocycles. The third-order valence-corrected chi connectivity index (χ3v) is 2.04. The molecule has 1 aliphatic rings. The molecular weight excluding hydrogens is 182 g/mol. The van der Waals surface area contributed by atoms with Crippen LogP contribution in [0.15, 0.2) is 15.2 Å². The van der Waals surface area contributed by atoms with Crippen molar-refractivity contribution in [2.45, 2.75) is 51.2 Å². The van der Waals surface area contributed by atoms with Crippen LogP contribution in [0.1, 0.15) is 40.0 Å². The standard InChI is InChI=1S/C9H15N3S/c1-8(2,3)11-12-9(10-7-13)5-4-6-9/h4-6H2,1-3H3/b12-11+. The summed E-state index contributed by atoms with van der Waals surface area (Å²) in [7, 11) is 0. The molecule has 0 saturated heterocycles. The van der Waals surface area contributed by atoms with Crippen LogP contribution in [0.5, 0.6) is 0 Å². The molecule has 0 radical (unpaired) electrons. The van der Waals surface area contributed by atoms with E-state index < -0.39 is 0 Å². The molecule has 1 rings (SSSR count). The van der Waals surface area contributed by atoms with Crippen molar-refractivity contribution in [3.8, 4) is 0 Å². The van der Waals surface area contributed by atoms with Crippen LogP contribution < -0.4 is 0 Å². The van der Waals surface area contributed by atoms with E-state index in [2.05, 4.69) is 32.6 Å². The van der Waals surface area contributed by atoms with Crippen LogP contribution >= 0.6 is 12.2 Å². The molecule has 72 valence electrons. The minimum absolute atomic E-state index is 0.125. The summed E-state index contributed by atoms with van der Waals surface area (Å²) in [6.07, 6.45) is 3.07. The van der Waals surface area contributed by atoms with Gasteiger partial charge in [0.1, 0.15) is 0 Å². The number of isothiocyanates is 1. The summed E-state index contributed by atoms with van der Waals surface area (Å²) >= 11 is 4.59. The van der Waals surface area contributed by atoms with Gasteiger partial charge in [0.15, 0.2) is 5.66 Å². The Labute approximate surface area is 84.4 Å². The third-order valence-electron chi connectivity index (χ3n) is 1.94. The highest BCUT2D eigenvalue weighted by Gasteiger charge is 2.37. The fourth-order valence-electron chi connectivity index (χ4n) is 1.06. The Hall–Kier alpha value is -0.600. The Bertz CT molecular complexity index is 255. The minimum Gasteiger partial charge on any atom is -0.200 e. The Morgan fingerprint density at radius 2 is 1.92 bits per heavy atom. The van der Waals surface area contributed by atoms with E-state index in [1.165, 1.54) is 0 Å². The second-order valence-corrected chi connectivity index (χ2v) is 4.59. The van der Waals surface area contributed by atoms with Gasteiger partial charge in [-0.25, -0.2) is 0 Å². The van der Waals surface area contributed by atoms with Crippen LogP contribution in [0.25, 0.3) is 0 Å². The molecule has 1 saturated carbocycles. The van der Waals surface area contributed by atoms with E-state index in [0.29, 0.717) is 0 Å². The van der Waals surface area contributed by atoms with Crippen molar-refractivity contribution in [1.29, 1.82) is 0 Å². The summed E-state index contributed by atoms with van der Waals surface area (Å²) in [6.45, 7) is 6.05. The highest BCUT2D eigenvalue weighted by atomic mass is 32.1. The van der Waals surface area contributed by atoms with E-state index in [1.54, 1.807) is 0 Å². The van der Waals surface area contributed by atoms with Crippen molar-refractivity contribution in [1.82, 2.24) is 0 Å². The van der Waals surface area contributed by atoms with Gasteiger partial charge in [0.05, 0.1) is 10.7 Å². The summed E-state index contributed by atoms with van der Waals surface area (Å²) in [5.41, 5.74) is -0.478. The van der Waals surface area contributed by atoms with Crippen LogP contribution in [0, 0.1) is 0 Å². The molecule has 0 heterocycles. The predicted octanol–water partition coefficient (Wildman–Crippen LogP) is 3.22. The number of azo groups is 1. The maximum atomic E-state index is 4.59. The number of nitrogens with zero attached hydrogens (tertiary/aromatic N) is 3. The molecule has 0 spiro atoms. The number of rotatable bonds is 2. The number of hydrogen-bond acceptors (Lipinski definition) is 4. The largest absolute Gasteiger partial charge is 0.200 e. The lowest BCUT2D eigenvalue weighted by Gasteiger charge is -2.32. The molecule has 0 atom stereocenters. The van der Waals surface area contributed by atoms with Crippen LogP contribution in [0.2, 0.25) is 0 Å². The first kappa shape index (κ1) is 10.5. The molecule has 1 fully saturated rings. The molecule has 13 heavy (non-hydrogen) atoms. The molecule has 0 unspecified atom stereocenters. The number of hydrogen-bond donors (Lipinski definition) is 0. The van der Waals surface area contributed by atoms with Gasteiger partial charge in [-0.3, -0.25) is 0 Å². The van der Waals surface area contributed by atoms with Gasteiger partial charge in [0, 0.05) is 0 Å². The van der Waals surface area contributed by atoms with Gasteiger partial charge in [-0.1, -0.05) is 0 Å². The van der Waals surface area contributed by atoms with Gasteiger partial charge in [-0.2, -0.15) is 15.2 Å². The monoisotopic (exact) mass is 197 g/mol. The lowest BCUT2D eigenvalue weighted by molar-refractivity contribution is 0.244. The SMILES string of the molecule is CC(C)(C)/N=N/C1(N=C=S)CCC1. The average molecular weight is 197 g/mol. The molecule has 0 amide bonds. The molecule has 0 bridgehead atoms. The van der Waals surface area contributed by atoms with E-state index in [1.807, 2.05) is 20.8 Å². The quantitative estimate of drug-likeness (QED) is 0.380. The summed E-state index contributed by atoms with van der Waals surface area (Å²) in [5.74, 6) is 0. The maximum absolute atomic E-state index is 4.59. The predicted molar refractivity (Wildman–Crippen MR) is 56.2 cm³/mol. The van der Waals surface area contributed by atoms with Gasteiger partial charge < -0.3 is 0 Å².